The summed E-state index contributed by atoms with van der Waals surface area (Å²) in [5.41, 5.74) is 1.68. The number of unbranched alkanes of at least 4 members (excludes halogenated alkanes) is 1. The van der Waals surface area contributed by atoms with Crippen molar-refractivity contribution < 1.29 is 13.2 Å². The Morgan fingerprint density at radius 2 is 1.81 bits per heavy atom. The third-order valence-electron chi connectivity index (χ3n) is 4.46. The lowest BCUT2D eigenvalue weighted by Crippen LogP contribution is -2.17. The number of carbonyl (C=O) groups is 1. The third kappa shape index (κ3) is 5.48. The second-order valence-electron chi connectivity index (χ2n) is 6.89. The lowest BCUT2D eigenvalue weighted by atomic mass is 9.86. The van der Waals surface area contributed by atoms with Gasteiger partial charge in [-0.1, -0.05) is 24.3 Å². The van der Waals surface area contributed by atoms with E-state index < -0.39 is 15.4 Å². The average Bonchev–Trinajstić information content (AvgIpc) is 3.16. The van der Waals surface area contributed by atoms with Gasteiger partial charge in [-0.3, -0.25) is 4.79 Å². The van der Waals surface area contributed by atoms with Crippen molar-refractivity contribution in [3.05, 3.63) is 52.4 Å². The normalized spacial score (nSPS) is 11.9. The topological polar surface area (TPSA) is 87.0 Å². The van der Waals surface area contributed by atoms with Crippen molar-refractivity contribution in [2.45, 2.75) is 49.2 Å². The van der Waals surface area contributed by atoms with Crippen LogP contribution in [0.3, 0.4) is 0 Å². The summed E-state index contributed by atoms with van der Waals surface area (Å²) in [5.74, 6) is -0.0244. The highest BCUT2D eigenvalue weighted by molar-refractivity contribution is 7.91. The van der Waals surface area contributed by atoms with Crippen LogP contribution in [0, 0.1) is 11.3 Å². The van der Waals surface area contributed by atoms with Crippen molar-refractivity contribution in [2.75, 3.05) is 7.05 Å². The summed E-state index contributed by atoms with van der Waals surface area (Å²) in [6, 6.07) is 13.4. The lowest BCUT2D eigenvalue weighted by Gasteiger charge is -2.15. The van der Waals surface area contributed by atoms with Gasteiger partial charge in [0.05, 0.1) is 16.4 Å². The van der Waals surface area contributed by atoms with Crippen LogP contribution in [0.15, 0.2) is 40.6 Å². The Morgan fingerprint density at radius 3 is 2.41 bits per heavy atom. The molecule has 0 unspecified atom stereocenters. The number of sulfonamides is 1. The van der Waals surface area contributed by atoms with Gasteiger partial charge in [0.2, 0.25) is 10.0 Å². The number of aryl methyl sites for hydroxylation is 1. The zero-order valence-corrected chi connectivity index (χ0v) is 17.4. The summed E-state index contributed by atoms with van der Waals surface area (Å²) < 4.78 is 25.9. The number of benzene rings is 1. The Hall–Kier alpha value is -2.01. The van der Waals surface area contributed by atoms with Gasteiger partial charge in [0, 0.05) is 6.42 Å². The van der Waals surface area contributed by atoms with E-state index in [1.165, 1.54) is 18.7 Å². The minimum Gasteiger partial charge on any atom is -0.293 e. The van der Waals surface area contributed by atoms with Gasteiger partial charge in [-0.15, -0.1) is 11.3 Å². The first-order valence-electron chi connectivity index (χ1n) is 8.77. The van der Waals surface area contributed by atoms with Gasteiger partial charge < -0.3 is 0 Å². The molecule has 1 heterocycles. The van der Waals surface area contributed by atoms with Crippen molar-refractivity contribution in [3.63, 3.8) is 0 Å². The average molecular weight is 405 g/mol. The minimum atomic E-state index is -3.49. The molecule has 2 rings (SSSR count). The van der Waals surface area contributed by atoms with Crippen molar-refractivity contribution in [1.29, 1.82) is 5.26 Å². The molecule has 1 aromatic carbocycles. The number of hydrogen-bond donors (Lipinski definition) is 1. The van der Waals surface area contributed by atoms with Crippen LogP contribution in [0.5, 0.6) is 0 Å². The maximum absolute atomic E-state index is 12.2. The smallest absolute Gasteiger partial charge is 0.249 e. The summed E-state index contributed by atoms with van der Waals surface area (Å²) in [6.45, 7) is 3.79. The summed E-state index contributed by atoms with van der Waals surface area (Å²) in [5, 5.41) is 9.18. The molecule has 0 aliphatic heterocycles. The van der Waals surface area contributed by atoms with Crippen LogP contribution in [-0.2, 0) is 21.9 Å². The van der Waals surface area contributed by atoms with E-state index in [2.05, 4.69) is 10.8 Å². The minimum absolute atomic E-state index is 0.0244. The molecule has 0 radical (unpaired) electrons. The first-order chi connectivity index (χ1) is 12.7. The standard InChI is InChI=1S/C20H24N2O3S2/c1-20(2,14-21)16-10-8-15(9-11-16)6-4-5-7-17(23)18-12-13-19(26-18)27(24,25)22-3/h8-13,22H,4-7H2,1-3H3. The van der Waals surface area contributed by atoms with Crippen molar-refractivity contribution in [3.8, 4) is 6.07 Å². The van der Waals surface area contributed by atoms with Crippen LogP contribution in [0.4, 0.5) is 0 Å². The van der Waals surface area contributed by atoms with Crippen LogP contribution in [0.1, 0.15) is 53.9 Å². The van der Waals surface area contributed by atoms with Gasteiger partial charge in [0.25, 0.3) is 0 Å². The zero-order valence-electron chi connectivity index (χ0n) is 15.8. The summed E-state index contributed by atoms with van der Waals surface area (Å²) >= 11 is 1.01. The van der Waals surface area contributed by atoms with Crippen LogP contribution in [0.2, 0.25) is 0 Å². The fraction of sp³-hybridized carbons (Fsp3) is 0.400. The Morgan fingerprint density at radius 1 is 1.15 bits per heavy atom. The molecule has 1 N–H and O–H groups in total. The van der Waals surface area contributed by atoms with Crippen LogP contribution in [-0.4, -0.2) is 21.2 Å². The molecule has 2 aromatic rings. The SMILES string of the molecule is CNS(=O)(=O)c1ccc(C(=O)CCCCc2ccc(C(C)(C)C#N)cc2)s1. The van der Waals surface area contributed by atoms with E-state index in [-0.39, 0.29) is 9.99 Å². The van der Waals surface area contributed by atoms with Crippen LogP contribution < -0.4 is 4.72 Å². The molecule has 1 aromatic heterocycles. The number of nitriles is 1. The predicted octanol–water partition coefficient (Wildman–Crippen LogP) is 4.05. The molecule has 0 aliphatic carbocycles. The number of Topliss-reactive ketones (excluding diaryl/α,β-unsaturated/α-hetero) is 1. The van der Waals surface area contributed by atoms with Crippen molar-refractivity contribution in [2.24, 2.45) is 0 Å². The number of thiophene rings is 1. The summed E-state index contributed by atoms with van der Waals surface area (Å²) in [7, 11) is -2.14. The molecule has 0 bridgehead atoms. The summed E-state index contributed by atoms with van der Waals surface area (Å²) in [4.78, 5) is 12.7. The van der Waals surface area contributed by atoms with E-state index in [0.717, 1.165) is 36.2 Å². The quantitative estimate of drug-likeness (QED) is 0.504. The number of hydrogen-bond acceptors (Lipinski definition) is 5. The molecule has 27 heavy (non-hydrogen) atoms. The molecule has 0 spiro atoms. The summed E-state index contributed by atoms with van der Waals surface area (Å²) in [6.07, 6.45) is 2.89. The molecule has 7 heteroatoms. The molecular formula is C20H24N2O3S2. The van der Waals surface area contributed by atoms with E-state index in [0.29, 0.717) is 11.3 Å². The van der Waals surface area contributed by atoms with Gasteiger partial charge >= 0.3 is 0 Å². The molecule has 0 saturated heterocycles. The maximum atomic E-state index is 12.2. The molecule has 144 valence electrons. The van der Waals surface area contributed by atoms with Crippen LogP contribution >= 0.6 is 11.3 Å². The van der Waals surface area contributed by atoms with E-state index in [1.54, 1.807) is 6.07 Å². The first kappa shape index (κ1) is 21.3. The molecule has 0 aliphatic rings. The Kier molecular flexibility index (Phi) is 6.93. The molecule has 0 atom stereocenters. The van der Waals surface area contributed by atoms with Gasteiger partial charge in [0.1, 0.15) is 4.21 Å². The fourth-order valence-electron chi connectivity index (χ4n) is 2.61. The van der Waals surface area contributed by atoms with E-state index >= 15 is 0 Å². The monoisotopic (exact) mass is 404 g/mol. The molecule has 0 fully saturated rings. The number of rotatable bonds is 9. The zero-order chi connectivity index (χ0) is 20.1. The number of nitrogens with zero attached hydrogens (tertiary/aromatic N) is 1. The Bertz CT molecular complexity index is 936. The van der Waals surface area contributed by atoms with Crippen molar-refractivity contribution >= 4 is 27.1 Å². The highest BCUT2D eigenvalue weighted by Crippen LogP contribution is 2.24. The van der Waals surface area contributed by atoms with Gasteiger partial charge in [-0.2, -0.15) is 5.26 Å². The molecule has 0 amide bonds. The maximum Gasteiger partial charge on any atom is 0.249 e. The molecular weight excluding hydrogens is 380 g/mol. The molecule has 5 nitrogen and oxygen atoms in total. The van der Waals surface area contributed by atoms with Crippen molar-refractivity contribution in [1.82, 2.24) is 4.72 Å². The highest BCUT2D eigenvalue weighted by atomic mass is 32.2. The van der Waals surface area contributed by atoms with E-state index in [9.17, 15) is 18.5 Å². The second-order valence-corrected chi connectivity index (χ2v) is 10.1. The van der Waals surface area contributed by atoms with E-state index in [4.69, 9.17) is 0 Å². The fourth-order valence-corrected chi connectivity index (χ4v) is 4.72. The van der Waals surface area contributed by atoms with Gasteiger partial charge in [-0.25, -0.2) is 13.1 Å². The second kappa shape index (κ2) is 8.79. The van der Waals surface area contributed by atoms with Crippen LogP contribution in [0.25, 0.3) is 0 Å². The largest absolute Gasteiger partial charge is 0.293 e. The molecule has 0 saturated carbocycles. The highest BCUT2D eigenvalue weighted by Gasteiger charge is 2.19. The third-order valence-corrected chi connectivity index (χ3v) is 7.50. The number of nitrogens with one attached hydrogen (secondary N) is 1. The Balaban J connectivity index is 1.83. The van der Waals surface area contributed by atoms with Gasteiger partial charge in [0.15, 0.2) is 5.78 Å². The van der Waals surface area contributed by atoms with Gasteiger partial charge in [-0.05, 0) is 63.4 Å². The predicted molar refractivity (Wildman–Crippen MR) is 108 cm³/mol. The lowest BCUT2D eigenvalue weighted by molar-refractivity contribution is 0.0983. The number of carbonyl (C=O) groups excluding carboxylic acids is 1. The number of ketones is 1. The van der Waals surface area contributed by atoms with E-state index in [1.807, 2.05) is 38.1 Å². The Labute approximate surface area is 165 Å². The first-order valence-corrected chi connectivity index (χ1v) is 11.1.